The molecule has 196 valence electrons. The lowest BCUT2D eigenvalue weighted by Crippen LogP contribution is -2.44. The molecular weight excluding hydrogens is 504 g/mol. The Morgan fingerprint density at radius 1 is 1.05 bits per heavy atom. The second-order valence-electron chi connectivity index (χ2n) is 9.15. The lowest BCUT2D eigenvalue weighted by Gasteiger charge is -2.38. The summed E-state index contributed by atoms with van der Waals surface area (Å²) in [5.41, 5.74) is 2.47. The van der Waals surface area contributed by atoms with Crippen molar-refractivity contribution in [3.05, 3.63) is 43.0 Å². The van der Waals surface area contributed by atoms with Crippen LogP contribution in [0.1, 0.15) is 33.1 Å². The number of nitrogens with one attached hydrogen (secondary N) is 2. The Hall–Kier alpha value is -4.19. The van der Waals surface area contributed by atoms with Gasteiger partial charge in [0, 0.05) is 55.5 Å². The van der Waals surface area contributed by atoms with Crippen LogP contribution in [-0.2, 0) is 4.79 Å². The number of amides is 2. The quantitative estimate of drug-likeness (QED) is 0.314. The van der Waals surface area contributed by atoms with Crippen LogP contribution in [0, 0.1) is 5.41 Å². The number of rotatable bonds is 7. The van der Waals surface area contributed by atoms with Crippen LogP contribution in [0.3, 0.4) is 0 Å². The van der Waals surface area contributed by atoms with E-state index in [9.17, 15) is 14.7 Å². The van der Waals surface area contributed by atoms with E-state index in [-0.39, 0.29) is 6.03 Å². The summed E-state index contributed by atoms with van der Waals surface area (Å²) in [6.45, 7) is 5.49. The number of aliphatic carboxylic acids is 1. The Balaban J connectivity index is 1.45. The highest BCUT2D eigenvalue weighted by atomic mass is 32.1. The molecule has 2 amide bonds. The molecule has 0 atom stereocenters. The summed E-state index contributed by atoms with van der Waals surface area (Å²) in [6.07, 6.45) is 8.64. The van der Waals surface area contributed by atoms with Crippen LogP contribution in [0.15, 0.2) is 43.0 Å². The molecule has 4 aromatic rings. The zero-order valence-corrected chi connectivity index (χ0v) is 22.0. The van der Waals surface area contributed by atoms with Crippen LogP contribution < -0.4 is 15.5 Å². The van der Waals surface area contributed by atoms with Crippen molar-refractivity contribution in [3.63, 3.8) is 0 Å². The SMILES string of the molecule is CCNC(=O)Nc1nc2cc(-c3cnc(N4CCC(CC)(C(=O)O)CC4)nc3)cc(-c3ncccn3)c2s1. The fourth-order valence-corrected chi connectivity index (χ4v) is 5.60. The summed E-state index contributed by atoms with van der Waals surface area (Å²) in [6, 6.07) is 5.36. The fraction of sp³-hybridized carbons (Fsp3) is 0.346. The van der Waals surface area contributed by atoms with Gasteiger partial charge in [-0.1, -0.05) is 18.3 Å². The minimum absolute atomic E-state index is 0.314. The average Bonchev–Trinajstić information content (AvgIpc) is 3.35. The van der Waals surface area contributed by atoms with Gasteiger partial charge in [-0.15, -0.1) is 0 Å². The molecule has 0 spiro atoms. The zero-order chi connectivity index (χ0) is 26.7. The van der Waals surface area contributed by atoms with Gasteiger partial charge < -0.3 is 15.3 Å². The minimum Gasteiger partial charge on any atom is -0.481 e. The summed E-state index contributed by atoms with van der Waals surface area (Å²) >= 11 is 1.36. The van der Waals surface area contributed by atoms with Gasteiger partial charge in [0.15, 0.2) is 11.0 Å². The molecule has 3 N–H and O–H groups in total. The number of carboxylic acids is 1. The van der Waals surface area contributed by atoms with Gasteiger partial charge in [-0.3, -0.25) is 10.1 Å². The van der Waals surface area contributed by atoms with E-state index in [1.54, 1.807) is 30.9 Å². The molecule has 0 radical (unpaired) electrons. The Labute approximate surface area is 223 Å². The van der Waals surface area contributed by atoms with E-state index in [0.717, 1.165) is 21.4 Å². The van der Waals surface area contributed by atoms with Gasteiger partial charge in [-0.05, 0) is 49.9 Å². The molecule has 1 aromatic carbocycles. The normalized spacial score (nSPS) is 14.8. The number of carboxylic acid groups (broad SMARTS) is 1. The summed E-state index contributed by atoms with van der Waals surface area (Å²) in [4.78, 5) is 48.5. The van der Waals surface area contributed by atoms with Crippen LogP contribution in [0.4, 0.5) is 15.9 Å². The molecule has 4 heterocycles. The molecule has 0 aliphatic carbocycles. The number of aromatic nitrogens is 5. The van der Waals surface area contributed by atoms with E-state index in [0.29, 0.717) is 61.3 Å². The van der Waals surface area contributed by atoms with Crippen LogP contribution in [0.25, 0.3) is 32.7 Å². The van der Waals surface area contributed by atoms with E-state index >= 15 is 0 Å². The van der Waals surface area contributed by atoms with Gasteiger partial charge in [0.25, 0.3) is 0 Å². The first kappa shape index (κ1) is 25.5. The molecule has 5 rings (SSSR count). The number of carbonyl (C=O) groups excluding carboxylic acids is 1. The summed E-state index contributed by atoms with van der Waals surface area (Å²) in [5.74, 6) is 0.408. The number of hydrogen-bond acceptors (Lipinski definition) is 9. The average molecular weight is 533 g/mol. The van der Waals surface area contributed by atoms with Crippen molar-refractivity contribution in [3.8, 4) is 22.5 Å². The van der Waals surface area contributed by atoms with Crippen molar-refractivity contribution in [2.45, 2.75) is 33.1 Å². The van der Waals surface area contributed by atoms with Gasteiger partial charge in [-0.25, -0.2) is 29.7 Å². The highest BCUT2D eigenvalue weighted by Gasteiger charge is 2.40. The van der Waals surface area contributed by atoms with E-state index in [1.165, 1.54) is 11.3 Å². The summed E-state index contributed by atoms with van der Waals surface area (Å²) in [7, 11) is 0. The number of hydrogen-bond donors (Lipinski definition) is 3. The number of carbonyl (C=O) groups is 2. The van der Waals surface area contributed by atoms with Crippen molar-refractivity contribution in [1.82, 2.24) is 30.2 Å². The van der Waals surface area contributed by atoms with E-state index in [1.807, 2.05) is 30.9 Å². The number of anilines is 2. The Bertz CT molecular complexity index is 1450. The Morgan fingerprint density at radius 3 is 2.39 bits per heavy atom. The van der Waals surface area contributed by atoms with Gasteiger partial charge >= 0.3 is 12.0 Å². The minimum atomic E-state index is -0.726. The van der Waals surface area contributed by atoms with E-state index in [2.05, 4.69) is 35.6 Å². The molecule has 1 aliphatic heterocycles. The fourth-order valence-electron chi connectivity index (χ4n) is 4.65. The van der Waals surface area contributed by atoms with Crippen molar-refractivity contribution in [2.24, 2.45) is 5.41 Å². The van der Waals surface area contributed by atoms with Gasteiger partial charge in [-0.2, -0.15) is 0 Å². The van der Waals surface area contributed by atoms with Crippen molar-refractivity contribution < 1.29 is 14.7 Å². The highest BCUT2D eigenvalue weighted by molar-refractivity contribution is 7.22. The van der Waals surface area contributed by atoms with Crippen molar-refractivity contribution in [1.29, 1.82) is 0 Å². The van der Waals surface area contributed by atoms with Crippen LogP contribution >= 0.6 is 11.3 Å². The molecule has 1 saturated heterocycles. The third-order valence-electron chi connectivity index (χ3n) is 6.96. The standard InChI is InChI=1S/C26H28N8O3S/c1-3-26(22(35)36)6-10-34(11-7-26)23-30-14-17(15-31-23)16-12-18(21-28-8-5-9-29-21)20-19(13-16)32-25(38-20)33-24(37)27-4-2/h5,8-9,12-15H,3-4,6-7,10-11H2,1-2H3,(H,35,36)(H2,27,32,33,37). The van der Waals surface area contributed by atoms with Crippen LogP contribution in [0.5, 0.6) is 0 Å². The summed E-state index contributed by atoms with van der Waals surface area (Å²) < 4.78 is 0.857. The third-order valence-corrected chi connectivity index (χ3v) is 7.98. The number of piperidine rings is 1. The van der Waals surface area contributed by atoms with Crippen molar-refractivity contribution >= 4 is 44.6 Å². The molecule has 0 unspecified atom stereocenters. The first-order valence-corrected chi connectivity index (χ1v) is 13.3. The van der Waals surface area contributed by atoms with E-state index < -0.39 is 11.4 Å². The van der Waals surface area contributed by atoms with Gasteiger partial charge in [0.2, 0.25) is 5.95 Å². The molecule has 11 nitrogen and oxygen atoms in total. The maximum absolute atomic E-state index is 12.1. The molecule has 12 heteroatoms. The van der Waals surface area contributed by atoms with Gasteiger partial charge in [0.05, 0.1) is 15.6 Å². The Morgan fingerprint density at radius 2 is 1.76 bits per heavy atom. The highest BCUT2D eigenvalue weighted by Crippen LogP contribution is 2.38. The third kappa shape index (κ3) is 4.99. The molecule has 1 fully saturated rings. The molecule has 38 heavy (non-hydrogen) atoms. The number of fused-ring (bicyclic) bond motifs is 1. The second kappa shape index (κ2) is 10.7. The van der Waals surface area contributed by atoms with Crippen LogP contribution in [0.2, 0.25) is 0 Å². The molecule has 0 saturated carbocycles. The molecule has 3 aromatic heterocycles. The Kier molecular flexibility index (Phi) is 7.14. The number of urea groups is 1. The smallest absolute Gasteiger partial charge is 0.321 e. The zero-order valence-electron chi connectivity index (χ0n) is 21.1. The molecule has 1 aliphatic rings. The predicted octanol–water partition coefficient (Wildman–Crippen LogP) is 4.43. The first-order valence-electron chi connectivity index (χ1n) is 12.5. The second-order valence-corrected chi connectivity index (χ2v) is 10.1. The predicted molar refractivity (Wildman–Crippen MR) is 146 cm³/mol. The lowest BCUT2D eigenvalue weighted by molar-refractivity contribution is -0.150. The largest absolute Gasteiger partial charge is 0.481 e. The molecular formula is C26H28N8O3S. The number of nitrogens with zero attached hydrogens (tertiary/aromatic N) is 6. The number of benzene rings is 1. The number of thiazole rings is 1. The lowest BCUT2D eigenvalue weighted by atomic mass is 9.76. The molecule has 0 bridgehead atoms. The monoisotopic (exact) mass is 532 g/mol. The van der Waals surface area contributed by atoms with Crippen LogP contribution in [-0.4, -0.2) is 61.7 Å². The topological polar surface area (TPSA) is 146 Å². The van der Waals surface area contributed by atoms with Gasteiger partial charge in [0.1, 0.15) is 0 Å². The van der Waals surface area contributed by atoms with E-state index in [4.69, 9.17) is 0 Å². The van der Waals surface area contributed by atoms with Crippen molar-refractivity contribution in [2.75, 3.05) is 29.9 Å². The first-order chi connectivity index (χ1) is 18.4. The summed E-state index contributed by atoms with van der Waals surface area (Å²) in [5, 5.41) is 15.6. The maximum Gasteiger partial charge on any atom is 0.321 e. The maximum atomic E-state index is 12.1.